The van der Waals surface area contributed by atoms with E-state index in [0.717, 1.165) is 5.56 Å². The van der Waals surface area contributed by atoms with Crippen molar-refractivity contribution in [1.29, 1.82) is 0 Å². The number of amides is 1. The standard InChI is InChI=1S/C18H20FNO3/c1-22-16-7-2-3-8-17(16)23-12-10-18(21)20-11-9-14-5-4-6-15(19)13-14/h2-8,13H,9-12H2,1H3,(H,20,21). The van der Waals surface area contributed by atoms with Gasteiger partial charge in [0.15, 0.2) is 11.5 Å². The quantitative estimate of drug-likeness (QED) is 0.814. The molecule has 0 saturated carbocycles. The second-order valence-corrected chi connectivity index (χ2v) is 4.98. The zero-order valence-corrected chi connectivity index (χ0v) is 13.0. The van der Waals surface area contributed by atoms with Crippen molar-refractivity contribution in [3.05, 3.63) is 59.9 Å². The number of rotatable bonds is 8. The lowest BCUT2D eigenvalue weighted by Crippen LogP contribution is -2.27. The van der Waals surface area contributed by atoms with Crippen molar-refractivity contribution in [3.8, 4) is 11.5 Å². The summed E-state index contributed by atoms with van der Waals surface area (Å²) in [5.74, 6) is 0.886. The highest BCUT2D eigenvalue weighted by atomic mass is 19.1. The third-order valence-corrected chi connectivity index (χ3v) is 3.28. The fourth-order valence-corrected chi connectivity index (χ4v) is 2.12. The van der Waals surface area contributed by atoms with E-state index in [1.165, 1.54) is 12.1 Å². The highest BCUT2D eigenvalue weighted by Crippen LogP contribution is 2.25. The first-order valence-corrected chi connectivity index (χ1v) is 7.46. The Labute approximate surface area is 135 Å². The lowest BCUT2D eigenvalue weighted by atomic mass is 10.1. The van der Waals surface area contributed by atoms with Crippen LogP contribution in [0.15, 0.2) is 48.5 Å². The maximum absolute atomic E-state index is 13.0. The van der Waals surface area contributed by atoms with Gasteiger partial charge in [-0.2, -0.15) is 0 Å². The van der Waals surface area contributed by atoms with E-state index < -0.39 is 0 Å². The fraction of sp³-hybridized carbons (Fsp3) is 0.278. The Morgan fingerprint density at radius 2 is 1.91 bits per heavy atom. The molecule has 0 spiro atoms. The average Bonchev–Trinajstić information content (AvgIpc) is 2.55. The minimum absolute atomic E-state index is 0.101. The third-order valence-electron chi connectivity index (χ3n) is 3.28. The molecule has 0 aliphatic heterocycles. The normalized spacial score (nSPS) is 10.2. The molecule has 0 bridgehead atoms. The molecule has 0 atom stereocenters. The number of para-hydroxylation sites is 2. The summed E-state index contributed by atoms with van der Waals surface area (Å²) in [6.07, 6.45) is 0.845. The topological polar surface area (TPSA) is 47.6 Å². The van der Waals surface area contributed by atoms with Crippen molar-refractivity contribution in [1.82, 2.24) is 5.32 Å². The summed E-state index contributed by atoms with van der Waals surface area (Å²) in [5.41, 5.74) is 0.857. The monoisotopic (exact) mass is 317 g/mol. The van der Waals surface area contributed by atoms with Crippen LogP contribution in [0.3, 0.4) is 0 Å². The van der Waals surface area contributed by atoms with E-state index in [4.69, 9.17) is 9.47 Å². The van der Waals surface area contributed by atoms with E-state index in [1.807, 2.05) is 18.2 Å². The largest absolute Gasteiger partial charge is 0.493 e. The zero-order valence-electron chi connectivity index (χ0n) is 13.0. The molecule has 122 valence electrons. The Hall–Kier alpha value is -2.56. The summed E-state index contributed by atoms with van der Waals surface area (Å²) in [4.78, 5) is 11.7. The number of hydrogen-bond acceptors (Lipinski definition) is 3. The first-order chi connectivity index (χ1) is 11.2. The van der Waals surface area contributed by atoms with E-state index in [9.17, 15) is 9.18 Å². The second kappa shape index (κ2) is 8.78. The molecular weight excluding hydrogens is 297 g/mol. The first kappa shape index (κ1) is 16.8. The van der Waals surface area contributed by atoms with E-state index >= 15 is 0 Å². The van der Waals surface area contributed by atoms with Crippen molar-refractivity contribution in [2.24, 2.45) is 0 Å². The van der Waals surface area contributed by atoms with Crippen LogP contribution in [0.2, 0.25) is 0 Å². The molecule has 0 aromatic heterocycles. The number of carbonyl (C=O) groups is 1. The van der Waals surface area contributed by atoms with E-state index in [2.05, 4.69) is 5.32 Å². The van der Waals surface area contributed by atoms with Gasteiger partial charge in [0.05, 0.1) is 20.1 Å². The van der Waals surface area contributed by atoms with Gasteiger partial charge in [-0.05, 0) is 36.2 Å². The van der Waals surface area contributed by atoms with E-state index in [1.54, 1.807) is 25.3 Å². The Kier molecular flexibility index (Phi) is 6.41. The maximum atomic E-state index is 13.0. The van der Waals surface area contributed by atoms with Gasteiger partial charge >= 0.3 is 0 Å². The van der Waals surface area contributed by atoms with E-state index in [-0.39, 0.29) is 24.8 Å². The molecule has 2 rings (SSSR count). The number of carbonyl (C=O) groups excluding carboxylic acids is 1. The van der Waals surface area contributed by atoms with Gasteiger partial charge in [-0.25, -0.2) is 4.39 Å². The van der Waals surface area contributed by atoms with Gasteiger partial charge in [-0.15, -0.1) is 0 Å². The van der Waals surface area contributed by atoms with Gasteiger partial charge in [0.2, 0.25) is 5.91 Å². The Morgan fingerprint density at radius 1 is 1.13 bits per heavy atom. The fourth-order valence-electron chi connectivity index (χ4n) is 2.12. The first-order valence-electron chi connectivity index (χ1n) is 7.46. The molecule has 2 aromatic rings. The SMILES string of the molecule is COc1ccccc1OCCC(=O)NCCc1cccc(F)c1. The van der Waals surface area contributed by atoms with Crippen LogP contribution in [0.1, 0.15) is 12.0 Å². The van der Waals surface area contributed by atoms with Gasteiger partial charge < -0.3 is 14.8 Å². The number of nitrogens with one attached hydrogen (secondary N) is 1. The number of benzene rings is 2. The minimum Gasteiger partial charge on any atom is -0.493 e. The van der Waals surface area contributed by atoms with Crippen LogP contribution in [0.25, 0.3) is 0 Å². The van der Waals surface area contributed by atoms with Crippen LogP contribution < -0.4 is 14.8 Å². The third kappa shape index (κ3) is 5.62. The van der Waals surface area contributed by atoms with Gasteiger partial charge in [-0.1, -0.05) is 24.3 Å². The Balaban J connectivity index is 1.67. The van der Waals surface area contributed by atoms with E-state index in [0.29, 0.717) is 24.5 Å². The molecule has 0 aliphatic carbocycles. The van der Waals surface area contributed by atoms with Gasteiger partial charge in [0.1, 0.15) is 5.82 Å². The predicted octanol–water partition coefficient (Wildman–Crippen LogP) is 2.96. The highest BCUT2D eigenvalue weighted by molar-refractivity contribution is 5.76. The summed E-state index contributed by atoms with van der Waals surface area (Å²) in [6, 6.07) is 13.7. The van der Waals surface area contributed by atoms with Gasteiger partial charge in [-0.3, -0.25) is 4.79 Å². The lowest BCUT2D eigenvalue weighted by molar-refractivity contribution is -0.121. The summed E-state index contributed by atoms with van der Waals surface area (Å²) in [6.45, 7) is 0.739. The molecule has 0 saturated heterocycles. The Morgan fingerprint density at radius 3 is 2.65 bits per heavy atom. The lowest BCUT2D eigenvalue weighted by Gasteiger charge is -2.10. The predicted molar refractivity (Wildman–Crippen MR) is 86.2 cm³/mol. The van der Waals surface area contributed by atoms with Crippen LogP contribution in [-0.4, -0.2) is 26.2 Å². The molecule has 1 N–H and O–H groups in total. The molecule has 0 unspecified atom stereocenters. The van der Waals surface area contributed by atoms with Crippen molar-refractivity contribution in [3.63, 3.8) is 0 Å². The molecule has 1 amide bonds. The molecule has 0 fully saturated rings. The van der Waals surface area contributed by atoms with Gasteiger partial charge in [0, 0.05) is 6.54 Å². The maximum Gasteiger partial charge on any atom is 0.223 e. The molecular formula is C18H20FNO3. The van der Waals surface area contributed by atoms with Crippen molar-refractivity contribution >= 4 is 5.91 Å². The second-order valence-electron chi connectivity index (χ2n) is 4.98. The number of methoxy groups -OCH3 is 1. The molecule has 2 aromatic carbocycles. The summed E-state index contributed by atoms with van der Waals surface area (Å²) in [7, 11) is 1.57. The Bertz CT molecular complexity index is 646. The summed E-state index contributed by atoms with van der Waals surface area (Å²) >= 11 is 0. The molecule has 0 heterocycles. The zero-order chi connectivity index (χ0) is 16.5. The average molecular weight is 317 g/mol. The highest BCUT2D eigenvalue weighted by Gasteiger charge is 2.05. The van der Waals surface area contributed by atoms with Crippen LogP contribution >= 0.6 is 0 Å². The van der Waals surface area contributed by atoms with Crippen LogP contribution in [0.4, 0.5) is 4.39 Å². The summed E-state index contributed by atoms with van der Waals surface area (Å²) in [5, 5.41) is 2.79. The van der Waals surface area contributed by atoms with Crippen LogP contribution in [-0.2, 0) is 11.2 Å². The molecule has 4 nitrogen and oxygen atoms in total. The smallest absolute Gasteiger partial charge is 0.223 e. The van der Waals surface area contributed by atoms with Crippen molar-refractivity contribution in [2.75, 3.05) is 20.3 Å². The molecule has 0 aliphatic rings. The summed E-state index contributed by atoms with van der Waals surface area (Å²) < 4.78 is 23.7. The molecule has 23 heavy (non-hydrogen) atoms. The number of ether oxygens (including phenoxy) is 2. The van der Waals surface area contributed by atoms with Crippen LogP contribution in [0.5, 0.6) is 11.5 Å². The molecule has 0 radical (unpaired) electrons. The van der Waals surface area contributed by atoms with Gasteiger partial charge in [0.25, 0.3) is 0 Å². The molecule has 5 heteroatoms. The van der Waals surface area contributed by atoms with Crippen molar-refractivity contribution in [2.45, 2.75) is 12.8 Å². The number of halogens is 1. The van der Waals surface area contributed by atoms with Crippen LogP contribution in [0, 0.1) is 5.82 Å². The number of hydrogen-bond donors (Lipinski definition) is 1. The van der Waals surface area contributed by atoms with Crippen molar-refractivity contribution < 1.29 is 18.7 Å². The minimum atomic E-state index is -0.265.